The van der Waals surface area contributed by atoms with Crippen molar-refractivity contribution in [3.8, 4) is 0 Å². The Hall–Kier alpha value is -1.27. The zero-order chi connectivity index (χ0) is 12.5. The van der Waals surface area contributed by atoms with E-state index in [1.54, 1.807) is 17.7 Å². The lowest BCUT2D eigenvalue weighted by atomic mass is 10.4. The van der Waals surface area contributed by atoms with Crippen LogP contribution in [0.2, 0.25) is 0 Å². The molecule has 96 valence electrons. The maximum absolute atomic E-state index is 4.51. The SMILES string of the molecule is Cc1nc(Cn2cnc(CNC3CC3)n2)sc1C. The molecule has 0 spiro atoms. The van der Waals surface area contributed by atoms with Crippen molar-refractivity contribution in [1.82, 2.24) is 25.1 Å². The fraction of sp³-hybridized carbons (Fsp3) is 0.583. The monoisotopic (exact) mass is 263 g/mol. The van der Waals surface area contributed by atoms with E-state index in [-0.39, 0.29) is 0 Å². The van der Waals surface area contributed by atoms with E-state index < -0.39 is 0 Å². The van der Waals surface area contributed by atoms with Crippen molar-refractivity contribution in [2.45, 2.75) is 45.8 Å². The lowest BCUT2D eigenvalue weighted by Crippen LogP contribution is -2.16. The van der Waals surface area contributed by atoms with Gasteiger partial charge in [0.05, 0.1) is 18.8 Å². The first-order chi connectivity index (χ1) is 8.70. The van der Waals surface area contributed by atoms with Crippen molar-refractivity contribution >= 4 is 11.3 Å². The van der Waals surface area contributed by atoms with Crippen molar-refractivity contribution < 1.29 is 0 Å². The summed E-state index contributed by atoms with van der Waals surface area (Å²) >= 11 is 1.73. The fourth-order valence-corrected chi connectivity index (χ4v) is 2.69. The van der Waals surface area contributed by atoms with E-state index in [1.807, 2.05) is 11.6 Å². The van der Waals surface area contributed by atoms with E-state index in [1.165, 1.54) is 17.7 Å². The second-order valence-corrected chi connectivity index (χ2v) is 6.05. The van der Waals surface area contributed by atoms with Gasteiger partial charge in [0.1, 0.15) is 11.3 Å². The number of nitrogens with one attached hydrogen (secondary N) is 1. The largest absolute Gasteiger partial charge is 0.307 e. The molecule has 1 N–H and O–H groups in total. The molecule has 0 saturated heterocycles. The van der Waals surface area contributed by atoms with Crippen LogP contribution in [0, 0.1) is 13.8 Å². The third-order valence-electron chi connectivity index (χ3n) is 3.08. The number of aromatic nitrogens is 4. The summed E-state index contributed by atoms with van der Waals surface area (Å²) in [7, 11) is 0. The number of nitrogens with zero attached hydrogens (tertiary/aromatic N) is 4. The molecule has 5 nitrogen and oxygen atoms in total. The highest BCUT2D eigenvalue weighted by Crippen LogP contribution is 2.19. The molecule has 1 aliphatic carbocycles. The van der Waals surface area contributed by atoms with E-state index in [9.17, 15) is 0 Å². The molecule has 6 heteroatoms. The molecule has 0 aromatic carbocycles. The molecule has 0 unspecified atom stereocenters. The van der Waals surface area contributed by atoms with Crippen LogP contribution in [0.4, 0.5) is 0 Å². The van der Waals surface area contributed by atoms with E-state index in [0.29, 0.717) is 6.04 Å². The highest BCUT2D eigenvalue weighted by Gasteiger charge is 2.20. The summed E-state index contributed by atoms with van der Waals surface area (Å²) in [5.74, 6) is 0.868. The molecule has 3 rings (SSSR count). The zero-order valence-corrected chi connectivity index (χ0v) is 11.5. The molecule has 1 aliphatic rings. The van der Waals surface area contributed by atoms with Gasteiger partial charge in [-0.2, -0.15) is 5.10 Å². The predicted molar refractivity (Wildman–Crippen MR) is 70.6 cm³/mol. The smallest absolute Gasteiger partial charge is 0.164 e. The van der Waals surface area contributed by atoms with Crippen molar-refractivity contribution in [1.29, 1.82) is 0 Å². The van der Waals surface area contributed by atoms with Crippen LogP contribution in [0.3, 0.4) is 0 Å². The van der Waals surface area contributed by atoms with E-state index >= 15 is 0 Å². The maximum atomic E-state index is 4.51. The summed E-state index contributed by atoms with van der Waals surface area (Å²) in [5.41, 5.74) is 1.12. The molecule has 2 aromatic rings. The van der Waals surface area contributed by atoms with Crippen molar-refractivity contribution in [2.24, 2.45) is 0 Å². The summed E-state index contributed by atoms with van der Waals surface area (Å²) in [5, 5.41) is 8.96. The van der Waals surface area contributed by atoms with Crippen LogP contribution in [0.1, 0.15) is 34.2 Å². The second-order valence-electron chi connectivity index (χ2n) is 4.76. The van der Waals surface area contributed by atoms with Crippen LogP contribution in [0.15, 0.2) is 6.33 Å². The third-order valence-corrected chi connectivity index (χ3v) is 4.14. The Bertz CT molecular complexity index is 521. The minimum absolute atomic E-state index is 0.696. The van der Waals surface area contributed by atoms with Crippen molar-refractivity contribution in [2.75, 3.05) is 0 Å². The topological polar surface area (TPSA) is 55.6 Å². The fourth-order valence-electron chi connectivity index (χ4n) is 1.76. The minimum Gasteiger partial charge on any atom is -0.307 e. The van der Waals surface area contributed by atoms with Crippen LogP contribution in [0.5, 0.6) is 0 Å². The summed E-state index contributed by atoms with van der Waals surface area (Å²) in [4.78, 5) is 10.1. The molecule has 1 saturated carbocycles. The molecular weight excluding hydrogens is 246 g/mol. The Morgan fingerprint density at radius 2 is 2.28 bits per heavy atom. The zero-order valence-electron chi connectivity index (χ0n) is 10.7. The van der Waals surface area contributed by atoms with Crippen LogP contribution < -0.4 is 5.32 Å². The first kappa shape index (κ1) is 11.8. The van der Waals surface area contributed by atoms with Gasteiger partial charge in [-0.3, -0.25) is 0 Å². The van der Waals surface area contributed by atoms with Gasteiger partial charge < -0.3 is 5.32 Å². The molecule has 2 heterocycles. The summed E-state index contributed by atoms with van der Waals surface area (Å²) in [6.07, 6.45) is 4.37. The Labute approximate surface area is 110 Å². The maximum Gasteiger partial charge on any atom is 0.164 e. The van der Waals surface area contributed by atoms with Crippen LogP contribution in [-0.2, 0) is 13.1 Å². The summed E-state index contributed by atoms with van der Waals surface area (Å²) in [6.45, 7) is 5.63. The van der Waals surface area contributed by atoms with Crippen LogP contribution >= 0.6 is 11.3 Å². The first-order valence-corrected chi connectivity index (χ1v) is 7.07. The molecule has 1 fully saturated rings. The Balaban J connectivity index is 1.61. The second kappa shape index (κ2) is 4.78. The molecule has 0 bridgehead atoms. The standard InChI is InChI=1S/C12H17N5S/c1-8-9(2)18-12(15-8)6-17-7-14-11(16-17)5-13-10-3-4-10/h7,10,13H,3-6H2,1-2H3. The Morgan fingerprint density at radius 1 is 1.44 bits per heavy atom. The van der Waals surface area contributed by atoms with E-state index in [4.69, 9.17) is 0 Å². The average Bonchev–Trinajstić information content (AvgIpc) is 2.98. The van der Waals surface area contributed by atoms with Gasteiger partial charge in [-0.15, -0.1) is 11.3 Å². The van der Waals surface area contributed by atoms with Gasteiger partial charge in [-0.05, 0) is 26.7 Å². The lowest BCUT2D eigenvalue weighted by molar-refractivity contribution is 0.626. The number of hydrogen-bond donors (Lipinski definition) is 1. The van der Waals surface area contributed by atoms with Crippen molar-refractivity contribution in [3.63, 3.8) is 0 Å². The average molecular weight is 263 g/mol. The van der Waals surface area contributed by atoms with Crippen molar-refractivity contribution in [3.05, 3.63) is 27.7 Å². The molecule has 0 atom stereocenters. The predicted octanol–water partition coefficient (Wildman–Crippen LogP) is 1.65. The van der Waals surface area contributed by atoms with Gasteiger partial charge in [-0.25, -0.2) is 14.6 Å². The summed E-state index contributed by atoms with van der Waals surface area (Å²) in [6, 6.07) is 0.696. The lowest BCUT2D eigenvalue weighted by Gasteiger charge is -1.97. The summed E-state index contributed by atoms with van der Waals surface area (Å²) < 4.78 is 1.86. The van der Waals surface area contributed by atoms with Gasteiger partial charge in [0.25, 0.3) is 0 Å². The molecule has 0 aliphatic heterocycles. The quantitative estimate of drug-likeness (QED) is 0.891. The Morgan fingerprint density at radius 3 is 2.94 bits per heavy atom. The van der Waals surface area contributed by atoms with Gasteiger partial charge >= 0.3 is 0 Å². The normalized spacial score (nSPS) is 15.2. The van der Waals surface area contributed by atoms with Gasteiger partial charge in [-0.1, -0.05) is 0 Å². The molecule has 0 radical (unpaired) electrons. The first-order valence-electron chi connectivity index (χ1n) is 6.25. The minimum atomic E-state index is 0.696. The van der Waals surface area contributed by atoms with Crippen LogP contribution in [0.25, 0.3) is 0 Å². The highest BCUT2D eigenvalue weighted by molar-refractivity contribution is 7.11. The molecule has 18 heavy (non-hydrogen) atoms. The molecule has 0 amide bonds. The van der Waals surface area contributed by atoms with Crippen LogP contribution in [-0.4, -0.2) is 25.8 Å². The highest BCUT2D eigenvalue weighted by atomic mass is 32.1. The number of rotatable bonds is 5. The Kier molecular flexibility index (Phi) is 3.13. The van der Waals surface area contributed by atoms with Gasteiger partial charge in [0.15, 0.2) is 5.82 Å². The van der Waals surface area contributed by atoms with E-state index in [2.05, 4.69) is 27.3 Å². The third kappa shape index (κ3) is 2.76. The number of hydrogen-bond acceptors (Lipinski definition) is 5. The van der Waals surface area contributed by atoms with Gasteiger partial charge in [0, 0.05) is 10.9 Å². The van der Waals surface area contributed by atoms with Gasteiger partial charge in [0.2, 0.25) is 0 Å². The van der Waals surface area contributed by atoms with E-state index in [0.717, 1.165) is 29.6 Å². The molecular formula is C12H17N5S. The number of thiazole rings is 1. The number of aryl methyl sites for hydroxylation is 2. The molecule has 2 aromatic heterocycles.